The molecule has 1 aromatic carbocycles. The van der Waals surface area contributed by atoms with Gasteiger partial charge in [0, 0.05) is 12.0 Å². The lowest BCUT2D eigenvalue weighted by Gasteiger charge is -2.03. The van der Waals surface area contributed by atoms with Crippen LogP contribution in [-0.4, -0.2) is 0 Å². The van der Waals surface area contributed by atoms with Crippen LogP contribution in [0.25, 0.3) is 0 Å². The zero-order chi connectivity index (χ0) is 15.5. The smallest absolute Gasteiger partial charge is 0.0287 e. The molecule has 0 aromatic heterocycles. The first kappa shape index (κ1) is 17.4. The molecule has 0 nitrogen and oxygen atoms in total. The van der Waals surface area contributed by atoms with Gasteiger partial charge in [-0.2, -0.15) is 0 Å². The van der Waals surface area contributed by atoms with Crippen LogP contribution in [0.15, 0.2) is 12.1 Å². The largest absolute Gasteiger partial charge is 0.0891 e. The Hall–Kier alpha value is -1.66. The predicted molar refractivity (Wildman–Crippen MR) is 93.3 cm³/mol. The summed E-state index contributed by atoms with van der Waals surface area (Å²) in [5.74, 6) is 12.3. The molecule has 0 radical (unpaired) electrons. The van der Waals surface area contributed by atoms with Crippen LogP contribution in [0, 0.1) is 44.5 Å². The summed E-state index contributed by atoms with van der Waals surface area (Å²) in [4.78, 5) is 0. The third kappa shape index (κ3) is 7.06. The number of aryl methyl sites for hydroxylation is 3. The van der Waals surface area contributed by atoms with Crippen molar-refractivity contribution in [2.75, 3.05) is 0 Å². The molecule has 0 heteroatoms. The van der Waals surface area contributed by atoms with E-state index < -0.39 is 0 Å². The normalized spacial score (nSPS) is 9.52. The van der Waals surface area contributed by atoms with Gasteiger partial charge in [0.2, 0.25) is 0 Å². The summed E-state index contributed by atoms with van der Waals surface area (Å²) in [5, 5.41) is 0. The molecule has 1 rings (SSSR count). The predicted octanol–water partition coefficient (Wildman–Crippen LogP) is 5.72. The quantitative estimate of drug-likeness (QED) is 0.462. The second-order valence-electron chi connectivity index (χ2n) is 5.82. The minimum Gasteiger partial charge on any atom is -0.0891 e. The van der Waals surface area contributed by atoms with Crippen LogP contribution in [0.4, 0.5) is 0 Å². The topological polar surface area (TPSA) is 0 Å². The Balaban J connectivity index is 2.37. The monoisotopic (exact) mass is 280 g/mol. The van der Waals surface area contributed by atoms with E-state index in [1.54, 1.807) is 0 Å². The van der Waals surface area contributed by atoms with Crippen molar-refractivity contribution in [3.8, 4) is 23.7 Å². The van der Waals surface area contributed by atoms with E-state index in [0.717, 1.165) is 12.0 Å². The molecule has 0 aliphatic heterocycles. The summed E-state index contributed by atoms with van der Waals surface area (Å²) in [6.07, 6.45) is 8.89. The van der Waals surface area contributed by atoms with Crippen LogP contribution in [0.3, 0.4) is 0 Å². The van der Waals surface area contributed by atoms with E-state index in [2.05, 4.69) is 63.5 Å². The van der Waals surface area contributed by atoms with Crippen molar-refractivity contribution in [3.63, 3.8) is 0 Å². The van der Waals surface area contributed by atoms with Gasteiger partial charge in [-0.3, -0.25) is 0 Å². The number of benzene rings is 1. The third-order valence-corrected chi connectivity index (χ3v) is 3.84. The van der Waals surface area contributed by atoms with Crippen LogP contribution >= 0.6 is 0 Å². The molecule has 1 aromatic rings. The molecule has 0 atom stereocenters. The SMILES string of the molecule is CCCCCCCCC#CC#Cc1cc(C)c(C)cc1C. The van der Waals surface area contributed by atoms with Gasteiger partial charge in [0.05, 0.1) is 0 Å². The Labute approximate surface area is 131 Å². The van der Waals surface area contributed by atoms with E-state index in [1.165, 1.54) is 55.2 Å². The Morgan fingerprint density at radius 1 is 0.762 bits per heavy atom. The van der Waals surface area contributed by atoms with Gasteiger partial charge < -0.3 is 0 Å². The average molecular weight is 280 g/mol. The van der Waals surface area contributed by atoms with E-state index in [1.807, 2.05) is 0 Å². The van der Waals surface area contributed by atoms with Crippen molar-refractivity contribution in [1.29, 1.82) is 0 Å². The molecule has 0 spiro atoms. The van der Waals surface area contributed by atoms with Crippen molar-refractivity contribution in [1.82, 2.24) is 0 Å². The van der Waals surface area contributed by atoms with Crippen molar-refractivity contribution in [3.05, 3.63) is 34.4 Å². The van der Waals surface area contributed by atoms with Crippen molar-refractivity contribution in [2.45, 2.75) is 72.6 Å². The highest BCUT2D eigenvalue weighted by atomic mass is 14.0. The summed E-state index contributed by atoms with van der Waals surface area (Å²) in [5.41, 5.74) is 4.97. The van der Waals surface area contributed by atoms with Gasteiger partial charge >= 0.3 is 0 Å². The fourth-order valence-corrected chi connectivity index (χ4v) is 2.29. The Bertz CT molecular complexity index is 555. The Morgan fingerprint density at radius 3 is 2.19 bits per heavy atom. The Kier molecular flexibility index (Phi) is 8.38. The molecule has 0 aliphatic rings. The van der Waals surface area contributed by atoms with E-state index >= 15 is 0 Å². The Morgan fingerprint density at radius 2 is 1.43 bits per heavy atom. The molecule has 0 bridgehead atoms. The maximum atomic E-state index is 3.18. The fourth-order valence-electron chi connectivity index (χ4n) is 2.29. The summed E-state index contributed by atoms with van der Waals surface area (Å²) < 4.78 is 0. The number of hydrogen-bond donors (Lipinski definition) is 0. The van der Waals surface area contributed by atoms with Gasteiger partial charge in [-0.25, -0.2) is 0 Å². The standard InChI is InChI=1S/C21H28/c1-5-6-7-8-9-10-11-12-13-14-15-21-17-19(3)18(2)16-20(21)4/h16-17H,5-11H2,1-4H3. The fraction of sp³-hybridized carbons (Fsp3) is 0.524. The average Bonchev–Trinajstić information content (AvgIpc) is 2.46. The molecule has 0 unspecified atom stereocenters. The van der Waals surface area contributed by atoms with Gasteiger partial charge in [0.25, 0.3) is 0 Å². The summed E-state index contributed by atoms with van der Waals surface area (Å²) in [7, 11) is 0. The second-order valence-corrected chi connectivity index (χ2v) is 5.82. The summed E-state index contributed by atoms with van der Waals surface area (Å²) in [6.45, 7) is 8.63. The van der Waals surface area contributed by atoms with Crippen molar-refractivity contribution in [2.24, 2.45) is 0 Å². The first-order valence-electron chi connectivity index (χ1n) is 8.22. The molecule has 0 saturated heterocycles. The highest BCUT2D eigenvalue weighted by molar-refractivity contribution is 5.48. The molecular formula is C21H28. The molecule has 112 valence electrons. The molecule has 21 heavy (non-hydrogen) atoms. The maximum Gasteiger partial charge on any atom is 0.0287 e. The molecule has 0 heterocycles. The number of rotatable bonds is 6. The molecule has 0 aliphatic carbocycles. The van der Waals surface area contributed by atoms with Crippen LogP contribution < -0.4 is 0 Å². The molecule has 0 fully saturated rings. The highest BCUT2D eigenvalue weighted by Gasteiger charge is 1.98. The highest BCUT2D eigenvalue weighted by Crippen LogP contribution is 2.14. The third-order valence-electron chi connectivity index (χ3n) is 3.84. The maximum absolute atomic E-state index is 3.18. The molecule has 0 amide bonds. The molecule has 0 saturated carbocycles. The molecule has 0 N–H and O–H groups in total. The van der Waals surface area contributed by atoms with Crippen molar-refractivity contribution < 1.29 is 0 Å². The summed E-state index contributed by atoms with van der Waals surface area (Å²) in [6, 6.07) is 4.36. The minimum atomic E-state index is 0.979. The van der Waals surface area contributed by atoms with Crippen LogP contribution in [0.5, 0.6) is 0 Å². The van der Waals surface area contributed by atoms with E-state index in [4.69, 9.17) is 0 Å². The summed E-state index contributed by atoms with van der Waals surface area (Å²) >= 11 is 0. The van der Waals surface area contributed by atoms with Gasteiger partial charge in [0.15, 0.2) is 0 Å². The minimum absolute atomic E-state index is 0.979. The van der Waals surface area contributed by atoms with E-state index in [-0.39, 0.29) is 0 Å². The van der Waals surface area contributed by atoms with Gasteiger partial charge in [-0.15, -0.1) is 0 Å². The second kappa shape index (κ2) is 10.1. The van der Waals surface area contributed by atoms with E-state index in [0.29, 0.717) is 0 Å². The first-order valence-corrected chi connectivity index (χ1v) is 8.22. The zero-order valence-electron chi connectivity index (χ0n) is 14.1. The lowest BCUT2D eigenvalue weighted by atomic mass is 10.0. The number of hydrogen-bond acceptors (Lipinski definition) is 0. The zero-order valence-corrected chi connectivity index (χ0v) is 14.1. The van der Waals surface area contributed by atoms with Gasteiger partial charge in [0.1, 0.15) is 0 Å². The van der Waals surface area contributed by atoms with Crippen LogP contribution in [0.2, 0.25) is 0 Å². The van der Waals surface area contributed by atoms with Gasteiger partial charge in [-0.05, 0) is 61.8 Å². The molecular weight excluding hydrogens is 252 g/mol. The van der Waals surface area contributed by atoms with Crippen molar-refractivity contribution >= 4 is 0 Å². The number of unbranched alkanes of at least 4 members (excludes halogenated alkanes) is 6. The van der Waals surface area contributed by atoms with E-state index in [9.17, 15) is 0 Å². The lowest BCUT2D eigenvalue weighted by Crippen LogP contribution is -1.87. The van der Waals surface area contributed by atoms with Crippen LogP contribution in [0.1, 0.15) is 74.1 Å². The first-order chi connectivity index (χ1) is 10.1. The lowest BCUT2D eigenvalue weighted by molar-refractivity contribution is 0.614. The van der Waals surface area contributed by atoms with Gasteiger partial charge in [-0.1, -0.05) is 56.9 Å². The van der Waals surface area contributed by atoms with Crippen LogP contribution in [-0.2, 0) is 0 Å².